The van der Waals surface area contributed by atoms with Gasteiger partial charge in [-0.2, -0.15) is 0 Å². The van der Waals surface area contributed by atoms with Crippen LogP contribution in [-0.2, 0) is 11.3 Å². The summed E-state index contributed by atoms with van der Waals surface area (Å²) in [7, 11) is 0. The van der Waals surface area contributed by atoms with Crippen LogP contribution in [0.4, 0.5) is 0 Å². The third-order valence-corrected chi connectivity index (χ3v) is 4.29. The Bertz CT molecular complexity index is 837. The lowest BCUT2D eigenvalue weighted by Gasteiger charge is -2.20. The van der Waals surface area contributed by atoms with Crippen molar-refractivity contribution >= 4 is 16.9 Å². The van der Waals surface area contributed by atoms with Crippen LogP contribution in [0, 0.1) is 13.8 Å². The average molecular weight is 324 g/mol. The lowest BCUT2D eigenvalue weighted by molar-refractivity contribution is -0.137. The monoisotopic (exact) mass is 324 g/mol. The zero-order valence-electron chi connectivity index (χ0n) is 13.7. The molecular formula is C19H20N2O3. The van der Waals surface area contributed by atoms with Crippen molar-refractivity contribution in [1.82, 2.24) is 10.3 Å². The first kappa shape index (κ1) is 16.2. The van der Waals surface area contributed by atoms with Crippen LogP contribution >= 0.6 is 0 Å². The fraction of sp³-hybridized carbons (Fsp3) is 0.263. The number of aliphatic carboxylic acids is 1. The summed E-state index contributed by atoms with van der Waals surface area (Å²) >= 11 is 0. The molecule has 124 valence electrons. The number of nitrogens with one attached hydrogen (secondary N) is 1. The number of rotatable bonds is 6. The third-order valence-electron chi connectivity index (χ3n) is 4.29. The lowest BCUT2D eigenvalue weighted by atomic mass is 9.95. The van der Waals surface area contributed by atoms with Gasteiger partial charge in [0.2, 0.25) is 0 Å². The predicted octanol–water partition coefficient (Wildman–Crippen LogP) is 3.75. The van der Waals surface area contributed by atoms with E-state index in [1.807, 2.05) is 44.2 Å². The van der Waals surface area contributed by atoms with Crippen molar-refractivity contribution in [1.29, 1.82) is 0 Å². The molecule has 0 bridgehead atoms. The summed E-state index contributed by atoms with van der Waals surface area (Å²) in [6.45, 7) is 4.51. The van der Waals surface area contributed by atoms with Crippen LogP contribution in [0.1, 0.15) is 34.9 Å². The van der Waals surface area contributed by atoms with Crippen LogP contribution in [0.2, 0.25) is 0 Å². The molecule has 1 aromatic carbocycles. The van der Waals surface area contributed by atoms with E-state index in [0.29, 0.717) is 6.54 Å². The highest BCUT2D eigenvalue weighted by atomic mass is 16.4. The van der Waals surface area contributed by atoms with E-state index in [2.05, 4.69) is 10.3 Å². The molecule has 3 aromatic rings. The first-order valence-corrected chi connectivity index (χ1v) is 7.88. The molecule has 1 atom stereocenters. The van der Waals surface area contributed by atoms with Gasteiger partial charge in [-0.05, 0) is 42.7 Å². The molecule has 0 radical (unpaired) electrons. The summed E-state index contributed by atoms with van der Waals surface area (Å²) in [5, 5.41) is 13.5. The Hall–Kier alpha value is -2.66. The van der Waals surface area contributed by atoms with Crippen molar-refractivity contribution in [3.63, 3.8) is 0 Å². The highest BCUT2D eigenvalue weighted by Crippen LogP contribution is 2.24. The van der Waals surface area contributed by atoms with Crippen molar-refractivity contribution in [3.8, 4) is 0 Å². The Labute approximate surface area is 140 Å². The van der Waals surface area contributed by atoms with Gasteiger partial charge in [0.1, 0.15) is 11.3 Å². The van der Waals surface area contributed by atoms with Crippen LogP contribution in [0.3, 0.4) is 0 Å². The Balaban J connectivity index is 1.81. The molecule has 0 saturated carbocycles. The van der Waals surface area contributed by atoms with Gasteiger partial charge in [0.05, 0.1) is 13.0 Å². The van der Waals surface area contributed by atoms with E-state index in [0.717, 1.165) is 33.4 Å². The van der Waals surface area contributed by atoms with Crippen LogP contribution in [0.25, 0.3) is 11.0 Å². The number of carboxylic acids is 1. The minimum atomic E-state index is -0.831. The standard InChI is InChI=1S/C19H20N2O3/c1-12-4-3-5-16(13(12)2)17(9-19(22)23)21-11-15-8-14-10-20-7-6-18(14)24-15/h3-8,10,17,21H,9,11H2,1-2H3,(H,22,23)/t17-/m1/s1. The molecule has 0 aliphatic carbocycles. The second kappa shape index (κ2) is 6.84. The van der Waals surface area contributed by atoms with Crippen LogP contribution in [-0.4, -0.2) is 16.1 Å². The number of aryl methyl sites for hydroxylation is 1. The Morgan fingerprint density at radius 3 is 2.92 bits per heavy atom. The minimum absolute atomic E-state index is 0.0199. The number of nitrogens with zero attached hydrogens (tertiary/aromatic N) is 1. The summed E-state index contributed by atoms with van der Waals surface area (Å²) < 4.78 is 5.76. The molecule has 24 heavy (non-hydrogen) atoms. The normalized spacial score (nSPS) is 12.4. The highest BCUT2D eigenvalue weighted by molar-refractivity contribution is 5.76. The second-order valence-electron chi connectivity index (χ2n) is 5.95. The molecule has 0 saturated heterocycles. The van der Waals surface area contributed by atoms with Crippen molar-refractivity contribution in [3.05, 3.63) is 65.2 Å². The average Bonchev–Trinajstić information content (AvgIpc) is 2.97. The maximum absolute atomic E-state index is 11.3. The van der Waals surface area contributed by atoms with Crippen LogP contribution in [0.5, 0.6) is 0 Å². The van der Waals surface area contributed by atoms with Gasteiger partial charge >= 0.3 is 5.97 Å². The highest BCUT2D eigenvalue weighted by Gasteiger charge is 2.18. The summed E-state index contributed by atoms with van der Waals surface area (Å²) in [6, 6.07) is 9.44. The topological polar surface area (TPSA) is 75.4 Å². The molecule has 3 rings (SSSR count). The van der Waals surface area contributed by atoms with E-state index in [4.69, 9.17) is 4.42 Å². The van der Waals surface area contributed by atoms with E-state index in [1.165, 1.54) is 0 Å². The van der Waals surface area contributed by atoms with Gasteiger partial charge in [-0.1, -0.05) is 18.2 Å². The predicted molar refractivity (Wildman–Crippen MR) is 91.8 cm³/mol. The summed E-state index contributed by atoms with van der Waals surface area (Å²) in [4.78, 5) is 15.3. The Kier molecular flexibility index (Phi) is 4.62. The maximum atomic E-state index is 11.3. The molecule has 5 heteroatoms. The third kappa shape index (κ3) is 3.46. The van der Waals surface area contributed by atoms with E-state index >= 15 is 0 Å². The number of pyridine rings is 1. The van der Waals surface area contributed by atoms with Gasteiger partial charge < -0.3 is 14.8 Å². The largest absolute Gasteiger partial charge is 0.481 e. The summed E-state index contributed by atoms with van der Waals surface area (Å²) in [5.74, 6) is -0.0686. The first-order valence-electron chi connectivity index (χ1n) is 7.88. The Morgan fingerprint density at radius 1 is 1.33 bits per heavy atom. The number of carbonyl (C=O) groups is 1. The molecule has 0 aliphatic heterocycles. The van der Waals surface area contributed by atoms with Gasteiger partial charge in [-0.3, -0.25) is 9.78 Å². The van der Waals surface area contributed by atoms with Gasteiger partial charge in [-0.15, -0.1) is 0 Å². The van der Waals surface area contributed by atoms with E-state index < -0.39 is 5.97 Å². The number of carboxylic acid groups (broad SMARTS) is 1. The molecule has 2 N–H and O–H groups in total. The molecule has 0 spiro atoms. The number of benzene rings is 1. The zero-order chi connectivity index (χ0) is 17.1. The number of hydrogen-bond donors (Lipinski definition) is 2. The number of aromatic nitrogens is 1. The van der Waals surface area contributed by atoms with Crippen molar-refractivity contribution in [2.45, 2.75) is 32.9 Å². The van der Waals surface area contributed by atoms with E-state index in [-0.39, 0.29) is 12.5 Å². The summed E-state index contributed by atoms with van der Waals surface area (Å²) in [5.41, 5.74) is 4.06. The molecule has 5 nitrogen and oxygen atoms in total. The minimum Gasteiger partial charge on any atom is -0.481 e. The van der Waals surface area contributed by atoms with Crippen molar-refractivity contribution < 1.29 is 14.3 Å². The number of furan rings is 1. The Morgan fingerprint density at radius 2 is 2.17 bits per heavy atom. The van der Waals surface area contributed by atoms with Crippen molar-refractivity contribution in [2.24, 2.45) is 0 Å². The molecule has 2 aromatic heterocycles. The van der Waals surface area contributed by atoms with Gasteiger partial charge in [0.15, 0.2) is 0 Å². The molecule has 0 aliphatic rings. The van der Waals surface area contributed by atoms with E-state index in [9.17, 15) is 9.90 Å². The molecule has 0 fully saturated rings. The number of hydrogen-bond acceptors (Lipinski definition) is 4. The first-order chi connectivity index (χ1) is 11.5. The zero-order valence-corrected chi connectivity index (χ0v) is 13.7. The molecule has 0 amide bonds. The SMILES string of the molecule is Cc1cccc([C@@H](CC(=O)O)NCc2cc3cnccc3o2)c1C. The molecule has 0 unspecified atom stereocenters. The van der Waals surface area contributed by atoms with E-state index in [1.54, 1.807) is 12.4 Å². The van der Waals surface area contributed by atoms with Crippen molar-refractivity contribution in [2.75, 3.05) is 0 Å². The smallest absolute Gasteiger partial charge is 0.305 e. The lowest BCUT2D eigenvalue weighted by Crippen LogP contribution is -2.24. The van der Waals surface area contributed by atoms with Crippen LogP contribution in [0.15, 0.2) is 47.1 Å². The van der Waals surface area contributed by atoms with Crippen LogP contribution < -0.4 is 5.32 Å². The quantitative estimate of drug-likeness (QED) is 0.722. The fourth-order valence-electron chi connectivity index (χ4n) is 2.87. The fourth-order valence-corrected chi connectivity index (χ4v) is 2.87. The summed E-state index contributed by atoms with van der Waals surface area (Å²) in [6.07, 6.45) is 3.46. The number of fused-ring (bicyclic) bond motifs is 1. The van der Waals surface area contributed by atoms with Gasteiger partial charge in [0, 0.05) is 23.8 Å². The van der Waals surface area contributed by atoms with Gasteiger partial charge in [-0.25, -0.2) is 0 Å². The molecular weight excluding hydrogens is 304 g/mol. The van der Waals surface area contributed by atoms with Gasteiger partial charge in [0.25, 0.3) is 0 Å². The second-order valence-corrected chi connectivity index (χ2v) is 5.95. The molecule has 2 heterocycles. The maximum Gasteiger partial charge on any atom is 0.305 e.